The van der Waals surface area contributed by atoms with Gasteiger partial charge in [-0.05, 0) is 32.1 Å². The van der Waals surface area contributed by atoms with E-state index in [1.165, 1.54) is 32.1 Å². The monoisotopic (exact) mass is 237 g/mol. The van der Waals surface area contributed by atoms with Crippen molar-refractivity contribution in [2.45, 2.75) is 51.6 Å². The number of hydrogen-bond donors (Lipinski definition) is 1. The van der Waals surface area contributed by atoms with E-state index in [1.54, 1.807) is 0 Å². The summed E-state index contributed by atoms with van der Waals surface area (Å²) < 4.78 is 0. The van der Waals surface area contributed by atoms with E-state index in [0.29, 0.717) is 6.17 Å². The van der Waals surface area contributed by atoms with Gasteiger partial charge in [-0.1, -0.05) is 25.5 Å². The van der Waals surface area contributed by atoms with E-state index in [1.807, 2.05) is 6.21 Å². The smallest absolute Gasteiger partial charge is 0.102 e. The molecule has 0 saturated heterocycles. The van der Waals surface area contributed by atoms with E-state index >= 15 is 0 Å². The Hall–Kier alpha value is -0.670. The van der Waals surface area contributed by atoms with Gasteiger partial charge in [0, 0.05) is 25.8 Å². The first kappa shape index (κ1) is 14.4. The van der Waals surface area contributed by atoms with E-state index in [2.05, 4.69) is 29.0 Å². The molecule has 0 aromatic carbocycles. The maximum atomic E-state index is 5.59. The Labute approximate surface area is 106 Å². The summed E-state index contributed by atoms with van der Waals surface area (Å²) in [5.74, 6) is 0. The zero-order chi connectivity index (χ0) is 12.3. The molecule has 0 aromatic heterocycles. The van der Waals surface area contributed by atoms with Gasteiger partial charge in [-0.15, -0.1) is 0 Å². The average molecular weight is 237 g/mol. The van der Waals surface area contributed by atoms with Crippen LogP contribution in [0.1, 0.15) is 45.4 Å². The zero-order valence-electron chi connectivity index (χ0n) is 11.1. The quantitative estimate of drug-likeness (QED) is 0.494. The summed E-state index contributed by atoms with van der Waals surface area (Å²) in [5.41, 5.74) is 5.59. The molecule has 0 aromatic rings. The van der Waals surface area contributed by atoms with Crippen LogP contribution in [-0.4, -0.2) is 36.9 Å². The number of nitrogens with two attached hydrogens (primary N) is 1. The fourth-order valence-corrected chi connectivity index (χ4v) is 2.20. The van der Waals surface area contributed by atoms with Crippen LogP contribution in [0, 0.1) is 0 Å². The summed E-state index contributed by atoms with van der Waals surface area (Å²) >= 11 is 0. The molecule has 0 fully saturated rings. The first-order chi connectivity index (χ1) is 8.38. The predicted molar refractivity (Wildman–Crippen MR) is 75.4 cm³/mol. The van der Waals surface area contributed by atoms with Gasteiger partial charge in [0.2, 0.25) is 0 Å². The zero-order valence-corrected chi connectivity index (χ0v) is 11.1. The van der Waals surface area contributed by atoms with E-state index in [9.17, 15) is 0 Å². The molecule has 1 heterocycles. The number of hydrogen-bond acceptors (Lipinski definition) is 3. The normalized spacial score (nSPS) is 20.7. The fraction of sp³-hybridized carbons (Fsp3) is 0.786. The van der Waals surface area contributed by atoms with Crippen LogP contribution in [0.3, 0.4) is 0 Å². The summed E-state index contributed by atoms with van der Waals surface area (Å²) in [6.45, 7) is 4.88. The third-order valence-electron chi connectivity index (χ3n) is 3.17. The average Bonchev–Trinajstić information content (AvgIpc) is 2.76. The SMILES string of the molecule is CC/C=C/CCCCCC1N=CCN1CCN. The van der Waals surface area contributed by atoms with E-state index in [-0.39, 0.29) is 0 Å². The van der Waals surface area contributed by atoms with Crippen LogP contribution in [-0.2, 0) is 0 Å². The standard InChI is InChI=1S/C14H27N3/c1-2-3-4-5-6-7-8-9-14-16-11-13-17(14)12-10-15/h3-4,11,14H,2,5-10,12-13,15H2,1H3/b4-3+. The summed E-state index contributed by atoms with van der Waals surface area (Å²) in [5, 5.41) is 0. The highest BCUT2D eigenvalue weighted by Crippen LogP contribution is 2.14. The third kappa shape index (κ3) is 5.99. The molecule has 0 aliphatic carbocycles. The highest BCUT2D eigenvalue weighted by molar-refractivity contribution is 5.62. The third-order valence-corrected chi connectivity index (χ3v) is 3.17. The second-order valence-electron chi connectivity index (χ2n) is 4.61. The number of allylic oxidation sites excluding steroid dienone is 2. The summed E-state index contributed by atoms with van der Waals surface area (Å²) in [6.07, 6.45) is 14.5. The fourth-order valence-electron chi connectivity index (χ4n) is 2.20. The van der Waals surface area contributed by atoms with Crippen molar-refractivity contribution in [2.75, 3.05) is 19.6 Å². The summed E-state index contributed by atoms with van der Waals surface area (Å²) in [7, 11) is 0. The molecular formula is C14H27N3. The topological polar surface area (TPSA) is 41.6 Å². The van der Waals surface area contributed by atoms with E-state index in [0.717, 1.165) is 26.1 Å². The van der Waals surface area contributed by atoms with E-state index in [4.69, 9.17) is 5.73 Å². The van der Waals surface area contributed by atoms with Crippen molar-refractivity contribution in [3.63, 3.8) is 0 Å². The van der Waals surface area contributed by atoms with Crippen LogP contribution in [0.5, 0.6) is 0 Å². The molecule has 0 spiro atoms. The second-order valence-corrected chi connectivity index (χ2v) is 4.61. The minimum absolute atomic E-state index is 0.407. The van der Waals surface area contributed by atoms with Crippen LogP contribution >= 0.6 is 0 Å². The Morgan fingerprint density at radius 1 is 1.35 bits per heavy atom. The molecule has 1 atom stereocenters. The lowest BCUT2D eigenvalue weighted by atomic mass is 10.1. The highest BCUT2D eigenvalue weighted by atomic mass is 15.3. The van der Waals surface area contributed by atoms with E-state index < -0.39 is 0 Å². The molecule has 1 rings (SSSR count). The van der Waals surface area contributed by atoms with Gasteiger partial charge in [-0.3, -0.25) is 9.89 Å². The Balaban J connectivity index is 2.02. The van der Waals surface area contributed by atoms with Crippen molar-refractivity contribution < 1.29 is 0 Å². The van der Waals surface area contributed by atoms with Crippen LogP contribution < -0.4 is 5.73 Å². The largest absolute Gasteiger partial charge is 0.329 e. The first-order valence-corrected chi connectivity index (χ1v) is 6.99. The Morgan fingerprint density at radius 3 is 3.00 bits per heavy atom. The van der Waals surface area contributed by atoms with Crippen molar-refractivity contribution in [1.29, 1.82) is 0 Å². The Bertz CT molecular complexity index is 236. The minimum Gasteiger partial charge on any atom is -0.329 e. The van der Waals surface area contributed by atoms with Gasteiger partial charge in [0.15, 0.2) is 0 Å². The molecule has 2 N–H and O–H groups in total. The molecule has 0 amide bonds. The summed E-state index contributed by atoms with van der Waals surface area (Å²) in [4.78, 5) is 6.89. The second kappa shape index (κ2) is 9.37. The van der Waals surface area contributed by atoms with Gasteiger partial charge in [-0.25, -0.2) is 0 Å². The predicted octanol–water partition coefficient (Wildman–Crippen LogP) is 2.57. The maximum Gasteiger partial charge on any atom is 0.102 e. The van der Waals surface area contributed by atoms with Gasteiger partial charge in [0.1, 0.15) is 6.17 Å². The van der Waals surface area contributed by atoms with Crippen LogP contribution in [0.25, 0.3) is 0 Å². The van der Waals surface area contributed by atoms with Crippen molar-refractivity contribution >= 4 is 6.21 Å². The van der Waals surface area contributed by atoms with Gasteiger partial charge in [-0.2, -0.15) is 0 Å². The van der Waals surface area contributed by atoms with Crippen molar-refractivity contribution in [3.05, 3.63) is 12.2 Å². The molecule has 1 aliphatic heterocycles. The lowest BCUT2D eigenvalue weighted by Gasteiger charge is -2.21. The number of unbranched alkanes of at least 4 members (excludes halogenated alkanes) is 3. The number of aliphatic imine (C=N–C) groups is 1. The van der Waals surface area contributed by atoms with Crippen molar-refractivity contribution in [1.82, 2.24) is 4.90 Å². The first-order valence-electron chi connectivity index (χ1n) is 6.99. The molecule has 1 aliphatic rings. The van der Waals surface area contributed by atoms with Gasteiger partial charge in [0.05, 0.1) is 0 Å². The highest BCUT2D eigenvalue weighted by Gasteiger charge is 2.18. The molecular weight excluding hydrogens is 210 g/mol. The van der Waals surface area contributed by atoms with Gasteiger partial charge < -0.3 is 5.73 Å². The minimum atomic E-state index is 0.407. The van der Waals surface area contributed by atoms with Crippen molar-refractivity contribution in [2.24, 2.45) is 10.7 Å². The molecule has 98 valence electrons. The Morgan fingerprint density at radius 2 is 2.24 bits per heavy atom. The molecule has 0 saturated carbocycles. The van der Waals surface area contributed by atoms with Crippen LogP contribution in [0.2, 0.25) is 0 Å². The van der Waals surface area contributed by atoms with Crippen molar-refractivity contribution in [3.8, 4) is 0 Å². The van der Waals surface area contributed by atoms with Crippen LogP contribution in [0.4, 0.5) is 0 Å². The lowest BCUT2D eigenvalue weighted by molar-refractivity contribution is 0.241. The number of rotatable bonds is 9. The van der Waals surface area contributed by atoms with Gasteiger partial charge in [0.25, 0.3) is 0 Å². The molecule has 0 radical (unpaired) electrons. The summed E-state index contributed by atoms with van der Waals surface area (Å²) in [6, 6.07) is 0. The lowest BCUT2D eigenvalue weighted by Crippen LogP contribution is -2.34. The molecule has 3 nitrogen and oxygen atoms in total. The van der Waals surface area contributed by atoms with Gasteiger partial charge >= 0.3 is 0 Å². The maximum absolute atomic E-state index is 5.59. The Kier molecular flexibility index (Phi) is 7.93. The van der Waals surface area contributed by atoms with Crippen LogP contribution in [0.15, 0.2) is 17.1 Å². The number of nitrogens with zero attached hydrogens (tertiary/aromatic N) is 2. The molecule has 0 bridgehead atoms. The molecule has 1 unspecified atom stereocenters. The molecule has 3 heteroatoms. The molecule has 17 heavy (non-hydrogen) atoms.